The van der Waals surface area contributed by atoms with Crippen LogP contribution in [-0.2, 0) is 4.79 Å². The highest BCUT2D eigenvalue weighted by molar-refractivity contribution is 5.75. The predicted octanol–water partition coefficient (Wildman–Crippen LogP) is 0.854. The molecule has 0 radical (unpaired) electrons. The van der Waals surface area contributed by atoms with Crippen LogP contribution < -0.4 is 5.32 Å². The van der Waals surface area contributed by atoms with Crippen LogP contribution in [0.15, 0.2) is 0 Å². The first-order chi connectivity index (χ1) is 6.22. The van der Waals surface area contributed by atoms with Gasteiger partial charge in [-0.1, -0.05) is 6.92 Å². The molecule has 1 rings (SSSR count). The Morgan fingerprint density at radius 2 is 2.38 bits per heavy atom. The number of piperidine rings is 1. The number of carbonyl (C=O) groups is 1. The van der Waals surface area contributed by atoms with Gasteiger partial charge < -0.3 is 10.2 Å². The number of amides is 1. The van der Waals surface area contributed by atoms with Crippen LogP contribution in [0, 0.1) is 5.92 Å². The summed E-state index contributed by atoms with van der Waals surface area (Å²) in [6.45, 7) is 5.08. The van der Waals surface area contributed by atoms with E-state index in [-0.39, 0.29) is 5.91 Å². The Hall–Kier alpha value is -0.570. The normalized spacial score (nSPS) is 24.3. The highest BCUT2D eigenvalue weighted by Crippen LogP contribution is 2.13. The van der Waals surface area contributed by atoms with Gasteiger partial charge in [0.2, 0.25) is 5.91 Å². The Bertz CT molecular complexity index is 170. The molecule has 3 heteroatoms. The van der Waals surface area contributed by atoms with Gasteiger partial charge in [0.25, 0.3) is 0 Å². The van der Waals surface area contributed by atoms with Crippen LogP contribution in [-0.4, -0.2) is 37.5 Å². The Balaban J connectivity index is 2.17. The number of carbonyl (C=O) groups excluding carboxylic acids is 1. The van der Waals surface area contributed by atoms with Gasteiger partial charge in [0.05, 0.1) is 0 Å². The largest absolute Gasteiger partial charge is 0.356 e. The second kappa shape index (κ2) is 5.22. The van der Waals surface area contributed by atoms with Gasteiger partial charge in [0.15, 0.2) is 0 Å². The SMILES string of the molecule is CCC(=O)NCC1CCCN(C)C1. The molecular formula is C10H20N2O. The summed E-state index contributed by atoms with van der Waals surface area (Å²) in [4.78, 5) is 13.4. The summed E-state index contributed by atoms with van der Waals surface area (Å²) in [5.74, 6) is 0.836. The minimum absolute atomic E-state index is 0.174. The Morgan fingerprint density at radius 1 is 1.62 bits per heavy atom. The van der Waals surface area contributed by atoms with E-state index in [4.69, 9.17) is 0 Å². The van der Waals surface area contributed by atoms with E-state index in [0.29, 0.717) is 12.3 Å². The summed E-state index contributed by atoms with van der Waals surface area (Å²) >= 11 is 0. The highest BCUT2D eigenvalue weighted by atomic mass is 16.1. The average molecular weight is 184 g/mol. The zero-order valence-electron chi connectivity index (χ0n) is 8.68. The lowest BCUT2D eigenvalue weighted by Gasteiger charge is -2.29. The standard InChI is InChI=1S/C10H20N2O/c1-3-10(13)11-7-9-5-4-6-12(2)8-9/h9H,3-8H2,1-2H3,(H,11,13). The van der Waals surface area contributed by atoms with Crippen LogP contribution in [0.1, 0.15) is 26.2 Å². The third-order valence-corrected chi connectivity index (χ3v) is 2.63. The molecule has 0 aliphatic carbocycles. The second-order valence-corrected chi connectivity index (χ2v) is 3.93. The lowest BCUT2D eigenvalue weighted by Crippen LogP contribution is -2.38. The quantitative estimate of drug-likeness (QED) is 0.705. The van der Waals surface area contributed by atoms with Crippen molar-refractivity contribution in [3.05, 3.63) is 0 Å². The van der Waals surface area contributed by atoms with Crippen molar-refractivity contribution in [1.82, 2.24) is 10.2 Å². The summed E-state index contributed by atoms with van der Waals surface area (Å²) in [7, 11) is 2.15. The molecule has 1 amide bonds. The minimum Gasteiger partial charge on any atom is -0.356 e. The summed E-state index contributed by atoms with van der Waals surface area (Å²) in [5, 5.41) is 2.96. The first-order valence-corrected chi connectivity index (χ1v) is 5.17. The van der Waals surface area contributed by atoms with E-state index in [1.54, 1.807) is 0 Å². The molecule has 1 saturated heterocycles. The molecule has 0 aromatic carbocycles. The average Bonchev–Trinajstić information content (AvgIpc) is 2.14. The fourth-order valence-electron chi connectivity index (χ4n) is 1.82. The van der Waals surface area contributed by atoms with Crippen molar-refractivity contribution in [2.24, 2.45) is 5.92 Å². The maximum atomic E-state index is 11.0. The van der Waals surface area contributed by atoms with Gasteiger partial charge >= 0.3 is 0 Å². The number of rotatable bonds is 3. The zero-order valence-corrected chi connectivity index (χ0v) is 8.68. The van der Waals surface area contributed by atoms with E-state index in [1.165, 1.54) is 19.4 Å². The molecule has 0 saturated carbocycles. The highest BCUT2D eigenvalue weighted by Gasteiger charge is 2.16. The number of hydrogen-bond donors (Lipinski definition) is 1. The lowest BCUT2D eigenvalue weighted by molar-refractivity contribution is -0.121. The molecule has 1 atom stereocenters. The third kappa shape index (κ3) is 3.77. The molecule has 1 aliphatic rings. The fraction of sp³-hybridized carbons (Fsp3) is 0.900. The van der Waals surface area contributed by atoms with Gasteiger partial charge in [0, 0.05) is 19.5 Å². The number of likely N-dealkylation sites (tertiary alicyclic amines) is 1. The molecule has 1 heterocycles. The molecule has 1 aliphatic heterocycles. The van der Waals surface area contributed by atoms with Crippen LogP contribution >= 0.6 is 0 Å². The Morgan fingerprint density at radius 3 is 3.00 bits per heavy atom. The molecule has 3 nitrogen and oxygen atoms in total. The van der Waals surface area contributed by atoms with Crippen LogP contribution in [0.3, 0.4) is 0 Å². The van der Waals surface area contributed by atoms with Gasteiger partial charge in [0.1, 0.15) is 0 Å². The molecule has 0 spiro atoms. The van der Waals surface area contributed by atoms with Crippen LogP contribution in [0.5, 0.6) is 0 Å². The number of nitrogens with one attached hydrogen (secondary N) is 1. The molecule has 13 heavy (non-hydrogen) atoms. The summed E-state index contributed by atoms with van der Waals surface area (Å²) in [5.41, 5.74) is 0. The molecule has 1 fully saturated rings. The van der Waals surface area contributed by atoms with Crippen LogP contribution in [0.25, 0.3) is 0 Å². The third-order valence-electron chi connectivity index (χ3n) is 2.63. The molecule has 1 N–H and O–H groups in total. The Kier molecular flexibility index (Phi) is 4.22. The number of nitrogens with zero attached hydrogens (tertiary/aromatic N) is 1. The zero-order chi connectivity index (χ0) is 9.68. The van der Waals surface area contributed by atoms with Gasteiger partial charge in [-0.25, -0.2) is 0 Å². The Labute approximate surface area is 80.5 Å². The maximum absolute atomic E-state index is 11.0. The molecular weight excluding hydrogens is 164 g/mol. The summed E-state index contributed by atoms with van der Waals surface area (Å²) in [6, 6.07) is 0. The summed E-state index contributed by atoms with van der Waals surface area (Å²) in [6.07, 6.45) is 3.13. The van der Waals surface area contributed by atoms with Crippen LogP contribution in [0.4, 0.5) is 0 Å². The van der Waals surface area contributed by atoms with E-state index < -0.39 is 0 Å². The van der Waals surface area contributed by atoms with Gasteiger partial charge in [-0.3, -0.25) is 4.79 Å². The molecule has 0 aromatic rings. The molecule has 0 aromatic heterocycles. The predicted molar refractivity (Wildman–Crippen MR) is 53.5 cm³/mol. The van der Waals surface area contributed by atoms with E-state index in [1.807, 2.05) is 6.92 Å². The second-order valence-electron chi connectivity index (χ2n) is 3.93. The van der Waals surface area contributed by atoms with Crippen molar-refractivity contribution in [3.8, 4) is 0 Å². The minimum atomic E-state index is 0.174. The van der Waals surface area contributed by atoms with E-state index in [2.05, 4.69) is 17.3 Å². The van der Waals surface area contributed by atoms with Crippen molar-refractivity contribution in [3.63, 3.8) is 0 Å². The van der Waals surface area contributed by atoms with Crippen molar-refractivity contribution in [2.45, 2.75) is 26.2 Å². The molecule has 1 unspecified atom stereocenters. The van der Waals surface area contributed by atoms with Crippen LogP contribution in [0.2, 0.25) is 0 Å². The first-order valence-electron chi connectivity index (χ1n) is 5.17. The smallest absolute Gasteiger partial charge is 0.219 e. The van der Waals surface area contributed by atoms with Crippen molar-refractivity contribution >= 4 is 5.91 Å². The number of hydrogen-bond acceptors (Lipinski definition) is 2. The van der Waals surface area contributed by atoms with Gasteiger partial charge in [-0.15, -0.1) is 0 Å². The van der Waals surface area contributed by atoms with Crippen molar-refractivity contribution in [1.29, 1.82) is 0 Å². The van der Waals surface area contributed by atoms with Crippen molar-refractivity contribution < 1.29 is 4.79 Å². The van der Waals surface area contributed by atoms with E-state index in [0.717, 1.165) is 13.1 Å². The monoisotopic (exact) mass is 184 g/mol. The fourth-order valence-corrected chi connectivity index (χ4v) is 1.82. The van der Waals surface area contributed by atoms with Crippen molar-refractivity contribution in [2.75, 3.05) is 26.7 Å². The maximum Gasteiger partial charge on any atom is 0.219 e. The first kappa shape index (κ1) is 10.5. The summed E-state index contributed by atoms with van der Waals surface area (Å²) < 4.78 is 0. The van der Waals surface area contributed by atoms with E-state index >= 15 is 0 Å². The molecule has 0 bridgehead atoms. The lowest BCUT2D eigenvalue weighted by atomic mass is 9.98. The van der Waals surface area contributed by atoms with Gasteiger partial charge in [-0.2, -0.15) is 0 Å². The molecule has 76 valence electrons. The van der Waals surface area contributed by atoms with E-state index in [9.17, 15) is 4.79 Å². The van der Waals surface area contributed by atoms with Gasteiger partial charge in [-0.05, 0) is 32.4 Å². The topological polar surface area (TPSA) is 32.3 Å².